The quantitative estimate of drug-likeness (QED) is 0.589. The van der Waals surface area contributed by atoms with E-state index in [4.69, 9.17) is 0 Å². The largest absolute Gasteiger partial charge is 0.359 e. The Labute approximate surface area is 119 Å². The standard InChI is InChI=1S/C13H23N5O2/c1-6-13(7-2,8-3)17-11-10(18(19)20)9(4)15-12(14-5)16-11/h6-8H2,1-5H3,(H2,14,15,16,17). The van der Waals surface area contributed by atoms with Crippen LogP contribution in [0.3, 0.4) is 0 Å². The molecule has 0 aliphatic rings. The fourth-order valence-electron chi connectivity index (χ4n) is 2.25. The summed E-state index contributed by atoms with van der Waals surface area (Å²) in [5, 5.41) is 17.4. The molecule has 0 saturated heterocycles. The van der Waals surface area contributed by atoms with E-state index in [1.54, 1.807) is 14.0 Å². The molecule has 0 radical (unpaired) electrons. The zero-order valence-electron chi connectivity index (χ0n) is 12.8. The number of hydrogen-bond acceptors (Lipinski definition) is 6. The Morgan fingerprint density at radius 1 is 1.20 bits per heavy atom. The van der Waals surface area contributed by atoms with Crippen molar-refractivity contribution in [3.05, 3.63) is 15.8 Å². The molecule has 1 heterocycles. The van der Waals surface area contributed by atoms with Gasteiger partial charge in [0.05, 0.1) is 4.92 Å². The molecule has 0 bridgehead atoms. The first-order chi connectivity index (χ1) is 9.42. The van der Waals surface area contributed by atoms with Gasteiger partial charge in [-0.15, -0.1) is 0 Å². The van der Waals surface area contributed by atoms with Crippen LogP contribution in [0.5, 0.6) is 0 Å². The van der Waals surface area contributed by atoms with Gasteiger partial charge in [0.25, 0.3) is 0 Å². The first-order valence-corrected chi connectivity index (χ1v) is 6.92. The van der Waals surface area contributed by atoms with Crippen LogP contribution in [0.15, 0.2) is 0 Å². The summed E-state index contributed by atoms with van der Waals surface area (Å²) < 4.78 is 0. The number of nitrogens with one attached hydrogen (secondary N) is 2. The minimum Gasteiger partial charge on any atom is -0.359 e. The lowest BCUT2D eigenvalue weighted by atomic mass is 9.90. The van der Waals surface area contributed by atoms with Crippen molar-refractivity contribution in [2.45, 2.75) is 52.5 Å². The topological polar surface area (TPSA) is 93.0 Å². The predicted octanol–water partition coefficient (Wildman–Crippen LogP) is 3.12. The second kappa shape index (κ2) is 6.49. The summed E-state index contributed by atoms with van der Waals surface area (Å²) in [6, 6.07) is 0. The van der Waals surface area contributed by atoms with Crippen molar-refractivity contribution < 1.29 is 4.92 Å². The lowest BCUT2D eigenvalue weighted by molar-refractivity contribution is -0.385. The zero-order valence-corrected chi connectivity index (χ0v) is 12.8. The SMILES string of the molecule is CCC(CC)(CC)Nc1nc(NC)nc(C)c1[N+](=O)[O-]. The third-order valence-electron chi connectivity index (χ3n) is 3.88. The second-order valence-corrected chi connectivity index (χ2v) is 4.80. The average molecular weight is 281 g/mol. The van der Waals surface area contributed by atoms with Gasteiger partial charge in [0.15, 0.2) is 0 Å². The number of aromatic nitrogens is 2. The minimum atomic E-state index is -0.428. The lowest BCUT2D eigenvalue weighted by Gasteiger charge is -2.32. The van der Waals surface area contributed by atoms with Crippen LogP contribution >= 0.6 is 0 Å². The van der Waals surface area contributed by atoms with Crippen LogP contribution < -0.4 is 10.6 Å². The van der Waals surface area contributed by atoms with Gasteiger partial charge in [-0.25, -0.2) is 4.98 Å². The van der Waals surface area contributed by atoms with Crippen molar-refractivity contribution in [3.63, 3.8) is 0 Å². The van der Waals surface area contributed by atoms with Gasteiger partial charge >= 0.3 is 5.69 Å². The van der Waals surface area contributed by atoms with Gasteiger partial charge in [0, 0.05) is 12.6 Å². The Morgan fingerprint density at radius 3 is 2.15 bits per heavy atom. The highest BCUT2D eigenvalue weighted by Crippen LogP contribution is 2.32. The number of nitro groups is 1. The third kappa shape index (κ3) is 3.15. The fraction of sp³-hybridized carbons (Fsp3) is 0.692. The molecule has 0 amide bonds. The summed E-state index contributed by atoms with van der Waals surface area (Å²) in [7, 11) is 1.69. The van der Waals surface area contributed by atoms with Crippen molar-refractivity contribution in [1.29, 1.82) is 0 Å². The summed E-state index contributed by atoms with van der Waals surface area (Å²) >= 11 is 0. The summed E-state index contributed by atoms with van der Waals surface area (Å²) in [5.74, 6) is 0.671. The van der Waals surface area contributed by atoms with E-state index in [2.05, 4.69) is 41.4 Å². The molecule has 20 heavy (non-hydrogen) atoms. The van der Waals surface area contributed by atoms with Crippen molar-refractivity contribution in [1.82, 2.24) is 9.97 Å². The molecule has 1 aromatic heterocycles. The highest BCUT2D eigenvalue weighted by Gasteiger charge is 2.30. The van der Waals surface area contributed by atoms with Gasteiger partial charge in [-0.3, -0.25) is 10.1 Å². The molecule has 0 unspecified atom stereocenters. The Morgan fingerprint density at radius 2 is 1.75 bits per heavy atom. The lowest BCUT2D eigenvalue weighted by Crippen LogP contribution is -2.37. The molecular weight excluding hydrogens is 258 g/mol. The van der Waals surface area contributed by atoms with Crippen LogP contribution in [0, 0.1) is 17.0 Å². The van der Waals surface area contributed by atoms with Crippen LogP contribution in [-0.4, -0.2) is 27.5 Å². The normalized spacial score (nSPS) is 11.2. The van der Waals surface area contributed by atoms with E-state index in [-0.39, 0.29) is 17.0 Å². The Balaban J connectivity index is 3.34. The highest BCUT2D eigenvalue weighted by atomic mass is 16.6. The van der Waals surface area contributed by atoms with Crippen LogP contribution in [0.1, 0.15) is 45.7 Å². The van der Waals surface area contributed by atoms with E-state index < -0.39 is 4.92 Å². The second-order valence-electron chi connectivity index (χ2n) is 4.80. The monoisotopic (exact) mass is 281 g/mol. The van der Waals surface area contributed by atoms with Crippen LogP contribution in [0.2, 0.25) is 0 Å². The first-order valence-electron chi connectivity index (χ1n) is 6.92. The van der Waals surface area contributed by atoms with Gasteiger partial charge in [0.2, 0.25) is 11.8 Å². The van der Waals surface area contributed by atoms with E-state index in [1.165, 1.54) is 0 Å². The molecule has 0 spiro atoms. The number of aryl methyl sites for hydroxylation is 1. The summed E-state index contributed by atoms with van der Waals surface area (Å²) in [6.07, 6.45) is 2.61. The van der Waals surface area contributed by atoms with Crippen molar-refractivity contribution in [2.75, 3.05) is 17.7 Å². The summed E-state index contributed by atoms with van der Waals surface area (Å²) in [6.45, 7) is 7.83. The van der Waals surface area contributed by atoms with Gasteiger partial charge in [-0.1, -0.05) is 20.8 Å². The Bertz CT molecular complexity index is 478. The number of nitrogens with zero attached hydrogens (tertiary/aromatic N) is 3. The molecule has 0 aromatic carbocycles. The predicted molar refractivity (Wildman–Crippen MR) is 80.2 cm³/mol. The molecule has 0 aliphatic heterocycles. The van der Waals surface area contributed by atoms with E-state index >= 15 is 0 Å². The molecule has 2 N–H and O–H groups in total. The zero-order chi connectivity index (χ0) is 15.3. The molecule has 112 valence electrons. The number of rotatable bonds is 7. The average Bonchev–Trinajstić information content (AvgIpc) is 2.43. The molecule has 0 atom stereocenters. The molecule has 7 nitrogen and oxygen atoms in total. The maximum absolute atomic E-state index is 11.3. The smallest absolute Gasteiger partial charge is 0.332 e. The maximum atomic E-state index is 11.3. The highest BCUT2D eigenvalue weighted by molar-refractivity contribution is 5.61. The van der Waals surface area contributed by atoms with E-state index in [1.807, 2.05) is 0 Å². The van der Waals surface area contributed by atoms with E-state index in [0.29, 0.717) is 11.6 Å². The Hall–Kier alpha value is -1.92. The number of hydrogen-bond donors (Lipinski definition) is 2. The van der Waals surface area contributed by atoms with Gasteiger partial charge in [-0.2, -0.15) is 4.98 Å². The third-order valence-corrected chi connectivity index (χ3v) is 3.88. The summed E-state index contributed by atoms with van der Waals surface area (Å²) in [5.41, 5.74) is 0.120. The van der Waals surface area contributed by atoms with Crippen LogP contribution in [0.25, 0.3) is 0 Å². The minimum absolute atomic E-state index is 0.0521. The maximum Gasteiger partial charge on any atom is 0.332 e. The van der Waals surface area contributed by atoms with E-state index in [0.717, 1.165) is 19.3 Å². The molecular formula is C13H23N5O2. The fourth-order valence-corrected chi connectivity index (χ4v) is 2.25. The molecule has 7 heteroatoms. The van der Waals surface area contributed by atoms with Crippen molar-refractivity contribution in [2.24, 2.45) is 0 Å². The first kappa shape index (κ1) is 16.1. The summed E-state index contributed by atoms with van der Waals surface area (Å²) in [4.78, 5) is 19.1. The van der Waals surface area contributed by atoms with Crippen LogP contribution in [0.4, 0.5) is 17.5 Å². The van der Waals surface area contributed by atoms with Crippen molar-refractivity contribution in [3.8, 4) is 0 Å². The molecule has 1 rings (SSSR count). The van der Waals surface area contributed by atoms with E-state index in [9.17, 15) is 10.1 Å². The molecule has 0 aliphatic carbocycles. The van der Waals surface area contributed by atoms with Gasteiger partial charge in [-0.05, 0) is 26.2 Å². The molecule has 1 aromatic rings. The van der Waals surface area contributed by atoms with Gasteiger partial charge in [0.1, 0.15) is 5.69 Å². The number of anilines is 2. The molecule has 0 fully saturated rings. The Kier molecular flexibility index (Phi) is 5.24. The van der Waals surface area contributed by atoms with Crippen LogP contribution in [-0.2, 0) is 0 Å². The van der Waals surface area contributed by atoms with Gasteiger partial charge < -0.3 is 10.6 Å². The van der Waals surface area contributed by atoms with Crippen molar-refractivity contribution >= 4 is 17.5 Å². The molecule has 0 saturated carbocycles.